The van der Waals surface area contributed by atoms with Crippen LogP contribution in [-0.4, -0.2) is 28.5 Å². The third-order valence-corrected chi connectivity index (χ3v) is 6.25. The monoisotopic (exact) mass is 370 g/mol. The summed E-state index contributed by atoms with van der Waals surface area (Å²) in [6, 6.07) is 10.4. The molecule has 26 heavy (non-hydrogen) atoms. The number of aromatic nitrogens is 1. The quantitative estimate of drug-likeness (QED) is 0.669. The number of benzene rings is 1. The van der Waals surface area contributed by atoms with E-state index in [-0.39, 0.29) is 5.91 Å². The maximum Gasteiger partial charge on any atom is 0.251 e. The summed E-state index contributed by atoms with van der Waals surface area (Å²) in [6.07, 6.45) is 7.16. The van der Waals surface area contributed by atoms with Gasteiger partial charge < -0.3 is 9.88 Å². The van der Waals surface area contributed by atoms with Crippen molar-refractivity contribution in [1.82, 2.24) is 9.88 Å². The molecule has 1 N–H and O–H groups in total. The molecule has 0 bridgehead atoms. The molecule has 1 heterocycles. The molecule has 3 nitrogen and oxygen atoms in total. The van der Waals surface area contributed by atoms with E-state index >= 15 is 0 Å². The smallest absolute Gasteiger partial charge is 0.251 e. The van der Waals surface area contributed by atoms with Crippen molar-refractivity contribution < 1.29 is 4.79 Å². The molecular weight excluding hydrogens is 340 g/mol. The number of rotatable bonds is 8. The number of fused-ring (bicyclic) bond motifs is 1. The zero-order chi connectivity index (χ0) is 18.4. The van der Waals surface area contributed by atoms with Crippen molar-refractivity contribution in [2.45, 2.75) is 52.4 Å². The third kappa shape index (κ3) is 4.53. The Bertz CT molecular complexity index is 733. The highest BCUT2D eigenvalue weighted by Crippen LogP contribution is 2.28. The van der Waals surface area contributed by atoms with E-state index in [1.165, 1.54) is 48.4 Å². The molecule has 1 amide bonds. The second-order valence-corrected chi connectivity index (χ2v) is 8.29. The summed E-state index contributed by atoms with van der Waals surface area (Å²) in [5, 5.41) is 3.03. The molecule has 3 rings (SSSR count). The van der Waals surface area contributed by atoms with Gasteiger partial charge in [-0.1, -0.05) is 6.92 Å². The lowest BCUT2D eigenvalue weighted by Gasteiger charge is -2.17. The highest BCUT2D eigenvalue weighted by Gasteiger charge is 2.17. The van der Waals surface area contributed by atoms with Crippen LogP contribution in [0, 0.1) is 6.92 Å². The molecule has 0 spiro atoms. The Kier molecular flexibility index (Phi) is 6.84. The summed E-state index contributed by atoms with van der Waals surface area (Å²) in [4.78, 5) is 12.3. The van der Waals surface area contributed by atoms with Gasteiger partial charge in [-0.15, -0.1) is 0 Å². The number of hydrogen-bond acceptors (Lipinski definition) is 2. The summed E-state index contributed by atoms with van der Waals surface area (Å²) in [6.45, 7) is 5.13. The number of carbonyl (C=O) groups is 1. The predicted octanol–water partition coefficient (Wildman–Crippen LogP) is 4.93. The van der Waals surface area contributed by atoms with Gasteiger partial charge in [-0.25, -0.2) is 0 Å². The Hall–Kier alpha value is -1.68. The van der Waals surface area contributed by atoms with E-state index < -0.39 is 0 Å². The number of thioether (sulfide) groups is 1. The maximum absolute atomic E-state index is 12.3. The van der Waals surface area contributed by atoms with Crippen molar-refractivity contribution >= 4 is 17.7 Å². The van der Waals surface area contributed by atoms with Crippen molar-refractivity contribution in [3.63, 3.8) is 0 Å². The molecule has 0 aliphatic heterocycles. The van der Waals surface area contributed by atoms with Crippen LogP contribution in [0.15, 0.2) is 30.3 Å². The number of hydrogen-bond donors (Lipinski definition) is 1. The summed E-state index contributed by atoms with van der Waals surface area (Å²) in [7, 11) is 0. The second-order valence-electron chi connectivity index (χ2n) is 7.07. The number of carbonyl (C=O) groups excluding carboxylic acids is 1. The van der Waals surface area contributed by atoms with Crippen molar-refractivity contribution in [2.24, 2.45) is 0 Å². The normalized spacial score (nSPS) is 13.5. The van der Waals surface area contributed by atoms with Gasteiger partial charge in [0.25, 0.3) is 5.91 Å². The van der Waals surface area contributed by atoms with Gasteiger partial charge in [0, 0.05) is 29.2 Å². The Morgan fingerprint density at radius 1 is 1.15 bits per heavy atom. The zero-order valence-electron chi connectivity index (χ0n) is 16.0. The van der Waals surface area contributed by atoms with E-state index in [4.69, 9.17) is 0 Å². The molecule has 2 aromatic rings. The molecule has 0 saturated carbocycles. The third-order valence-electron chi connectivity index (χ3n) is 4.97. The molecule has 0 saturated heterocycles. The molecule has 1 aromatic carbocycles. The molecule has 0 unspecified atom stereocenters. The topological polar surface area (TPSA) is 34.0 Å². The van der Waals surface area contributed by atoms with Crippen LogP contribution >= 0.6 is 11.8 Å². The Morgan fingerprint density at radius 3 is 2.69 bits per heavy atom. The largest absolute Gasteiger partial charge is 0.352 e. The van der Waals surface area contributed by atoms with E-state index in [1.807, 2.05) is 23.9 Å². The molecule has 4 heteroatoms. The van der Waals surface area contributed by atoms with Crippen molar-refractivity contribution in [1.29, 1.82) is 0 Å². The van der Waals surface area contributed by atoms with Crippen LogP contribution in [0.25, 0.3) is 5.69 Å². The highest BCUT2D eigenvalue weighted by atomic mass is 32.2. The standard InChI is InChI=1S/C22H30N2OS/c1-3-14-26-15-6-13-23-22(25)18-9-11-20(12-10-18)24-17(2)16-19-7-4-5-8-21(19)24/h9-12,16H,3-8,13-15H2,1-2H3,(H,23,25). The van der Waals surface area contributed by atoms with E-state index in [1.54, 1.807) is 0 Å². The molecular formula is C22H30N2OS. The fourth-order valence-corrected chi connectivity index (χ4v) is 4.54. The molecule has 0 atom stereocenters. The zero-order valence-corrected chi connectivity index (χ0v) is 16.8. The van der Waals surface area contributed by atoms with E-state index in [2.05, 4.69) is 41.9 Å². The molecule has 0 radical (unpaired) electrons. The summed E-state index contributed by atoms with van der Waals surface area (Å²) in [5.74, 6) is 2.35. The first-order chi connectivity index (χ1) is 12.7. The van der Waals surface area contributed by atoms with Gasteiger partial charge in [-0.05, 0) is 92.8 Å². The number of nitrogens with one attached hydrogen (secondary N) is 1. The van der Waals surface area contributed by atoms with E-state index in [0.29, 0.717) is 0 Å². The lowest BCUT2D eigenvalue weighted by atomic mass is 9.98. The van der Waals surface area contributed by atoms with Crippen LogP contribution in [0.3, 0.4) is 0 Å². The Balaban J connectivity index is 1.60. The van der Waals surface area contributed by atoms with Gasteiger partial charge in [0.05, 0.1) is 0 Å². The molecule has 0 fully saturated rings. The second kappa shape index (κ2) is 9.31. The minimum absolute atomic E-state index is 0.0308. The fraction of sp³-hybridized carbons (Fsp3) is 0.500. The van der Waals surface area contributed by atoms with Crippen molar-refractivity contribution in [3.8, 4) is 5.69 Å². The van der Waals surface area contributed by atoms with Crippen LogP contribution in [-0.2, 0) is 12.8 Å². The molecule has 140 valence electrons. The summed E-state index contributed by atoms with van der Waals surface area (Å²) in [5.41, 5.74) is 6.15. The lowest BCUT2D eigenvalue weighted by Crippen LogP contribution is -2.24. The summed E-state index contributed by atoms with van der Waals surface area (Å²) < 4.78 is 2.36. The van der Waals surface area contributed by atoms with Crippen LogP contribution < -0.4 is 5.32 Å². The van der Waals surface area contributed by atoms with Gasteiger partial charge in [0.1, 0.15) is 0 Å². The lowest BCUT2D eigenvalue weighted by molar-refractivity contribution is 0.0954. The minimum atomic E-state index is 0.0308. The van der Waals surface area contributed by atoms with Gasteiger partial charge in [-0.3, -0.25) is 4.79 Å². The van der Waals surface area contributed by atoms with Crippen LogP contribution in [0.2, 0.25) is 0 Å². The predicted molar refractivity (Wildman–Crippen MR) is 112 cm³/mol. The van der Waals surface area contributed by atoms with Crippen molar-refractivity contribution in [2.75, 3.05) is 18.1 Å². The Labute approximate surface area is 161 Å². The first kappa shape index (κ1) is 19.1. The molecule has 1 aromatic heterocycles. The van der Waals surface area contributed by atoms with Gasteiger partial charge in [0.2, 0.25) is 0 Å². The molecule has 1 aliphatic carbocycles. The first-order valence-corrected chi connectivity index (χ1v) is 11.0. The van der Waals surface area contributed by atoms with E-state index in [0.717, 1.165) is 36.4 Å². The van der Waals surface area contributed by atoms with Crippen LogP contribution in [0.1, 0.15) is 59.9 Å². The maximum atomic E-state index is 12.3. The van der Waals surface area contributed by atoms with Gasteiger partial charge in [0.15, 0.2) is 0 Å². The molecule has 1 aliphatic rings. The van der Waals surface area contributed by atoms with Gasteiger partial charge in [-0.2, -0.15) is 11.8 Å². The average Bonchev–Trinajstić information content (AvgIpc) is 3.00. The van der Waals surface area contributed by atoms with Gasteiger partial charge >= 0.3 is 0 Å². The highest BCUT2D eigenvalue weighted by molar-refractivity contribution is 7.99. The van der Waals surface area contributed by atoms with E-state index in [9.17, 15) is 4.79 Å². The number of aryl methyl sites for hydroxylation is 2. The summed E-state index contributed by atoms with van der Waals surface area (Å²) >= 11 is 1.96. The van der Waals surface area contributed by atoms with Crippen LogP contribution in [0.5, 0.6) is 0 Å². The van der Waals surface area contributed by atoms with Crippen LogP contribution in [0.4, 0.5) is 0 Å². The van der Waals surface area contributed by atoms with Crippen molar-refractivity contribution in [3.05, 3.63) is 52.8 Å². The fourth-order valence-electron chi connectivity index (χ4n) is 3.70. The number of amides is 1. The minimum Gasteiger partial charge on any atom is -0.352 e. The Morgan fingerprint density at radius 2 is 1.92 bits per heavy atom. The number of nitrogens with zero attached hydrogens (tertiary/aromatic N) is 1. The first-order valence-electron chi connectivity index (χ1n) is 9.87. The SMILES string of the molecule is CCCSCCCNC(=O)c1ccc(-n2c(C)cc3c2CCCC3)cc1. The average molecular weight is 371 g/mol.